The fourth-order valence-electron chi connectivity index (χ4n) is 2.22. The van der Waals surface area contributed by atoms with Gasteiger partial charge in [-0.15, -0.1) is 11.3 Å². The Morgan fingerprint density at radius 2 is 2.18 bits per heavy atom. The zero-order chi connectivity index (χ0) is 15.2. The number of rotatable bonds is 5. The molecule has 1 aliphatic heterocycles. The standard InChI is InChI=1S/C16H18N2O3S/c19-16(18-9-13-11-20-6-7-21-13)14-10-17-15(22-14)8-12-4-2-1-3-5-12/h1-5,10,13H,6-9,11H2,(H,18,19). The monoisotopic (exact) mass is 318 g/mol. The Labute approximate surface area is 133 Å². The molecule has 1 N–H and O–H groups in total. The van der Waals surface area contributed by atoms with Crippen molar-refractivity contribution in [2.45, 2.75) is 12.5 Å². The highest BCUT2D eigenvalue weighted by Gasteiger charge is 2.17. The van der Waals surface area contributed by atoms with Crippen LogP contribution >= 0.6 is 11.3 Å². The van der Waals surface area contributed by atoms with Gasteiger partial charge in [0.15, 0.2) is 0 Å². The highest BCUT2D eigenvalue weighted by atomic mass is 32.1. The third kappa shape index (κ3) is 4.13. The van der Waals surface area contributed by atoms with Crippen molar-refractivity contribution in [1.82, 2.24) is 10.3 Å². The fraction of sp³-hybridized carbons (Fsp3) is 0.375. The van der Waals surface area contributed by atoms with E-state index in [0.717, 1.165) is 11.4 Å². The van der Waals surface area contributed by atoms with Gasteiger partial charge in [-0.1, -0.05) is 30.3 Å². The van der Waals surface area contributed by atoms with Gasteiger partial charge in [0.25, 0.3) is 5.91 Å². The number of thiazole rings is 1. The Kier molecular flexibility index (Phi) is 5.15. The van der Waals surface area contributed by atoms with Gasteiger partial charge in [-0.05, 0) is 5.56 Å². The number of nitrogens with one attached hydrogen (secondary N) is 1. The zero-order valence-electron chi connectivity index (χ0n) is 12.2. The molecule has 0 radical (unpaired) electrons. The molecule has 2 heterocycles. The van der Waals surface area contributed by atoms with Crippen LogP contribution in [0.1, 0.15) is 20.2 Å². The van der Waals surface area contributed by atoms with Crippen molar-refractivity contribution < 1.29 is 14.3 Å². The first kappa shape index (κ1) is 15.1. The summed E-state index contributed by atoms with van der Waals surface area (Å²) in [6, 6.07) is 10.1. The normalized spacial score (nSPS) is 18.1. The van der Waals surface area contributed by atoms with Crippen LogP contribution in [-0.2, 0) is 15.9 Å². The first-order valence-electron chi connectivity index (χ1n) is 7.27. The molecular weight excluding hydrogens is 300 g/mol. The van der Waals surface area contributed by atoms with Gasteiger partial charge in [0.05, 0.1) is 37.1 Å². The molecule has 1 aliphatic rings. The van der Waals surface area contributed by atoms with Gasteiger partial charge < -0.3 is 14.8 Å². The maximum atomic E-state index is 12.1. The van der Waals surface area contributed by atoms with Crippen LogP contribution in [0.3, 0.4) is 0 Å². The summed E-state index contributed by atoms with van der Waals surface area (Å²) in [5.74, 6) is -0.106. The molecule has 1 saturated heterocycles. The number of aromatic nitrogens is 1. The van der Waals surface area contributed by atoms with E-state index in [-0.39, 0.29) is 12.0 Å². The van der Waals surface area contributed by atoms with Crippen LogP contribution in [0, 0.1) is 0 Å². The van der Waals surface area contributed by atoms with Gasteiger partial charge in [-0.2, -0.15) is 0 Å². The summed E-state index contributed by atoms with van der Waals surface area (Å²) in [5, 5.41) is 3.81. The first-order chi connectivity index (χ1) is 10.8. The number of hydrogen-bond acceptors (Lipinski definition) is 5. The van der Waals surface area contributed by atoms with Gasteiger partial charge in [0, 0.05) is 13.0 Å². The molecule has 5 nitrogen and oxygen atoms in total. The molecule has 0 spiro atoms. The molecule has 1 amide bonds. The summed E-state index contributed by atoms with van der Waals surface area (Å²) in [7, 11) is 0. The number of carbonyl (C=O) groups excluding carboxylic acids is 1. The van der Waals surface area contributed by atoms with Crippen LogP contribution in [0.4, 0.5) is 0 Å². The molecule has 0 saturated carbocycles. The van der Waals surface area contributed by atoms with E-state index < -0.39 is 0 Å². The number of benzene rings is 1. The minimum absolute atomic E-state index is 0.0607. The Morgan fingerprint density at radius 3 is 2.95 bits per heavy atom. The molecule has 3 rings (SSSR count). The lowest BCUT2D eigenvalue weighted by atomic mass is 10.2. The number of ether oxygens (including phenoxy) is 2. The first-order valence-corrected chi connectivity index (χ1v) is 8.09. The van der Waals surface area contributed by atoms with Crippen LogP contribution < -0.4 is 5.32 Å². The van der Waals surface area contributed by atoms with E-state index in [0.29, 0.717) is 31.2 Å². The van der Waals surface area contributed by atoms with Crippen molar-refractivity contribution in [2.24, 2.45) is 0 Å². The van der Waals surface area contributed by atoms with Crippen molar-refractivity contribution in [3.05, 3.63) is 52.0 Å². The Bertz CT molecular complexity index is 609. The number of carbonyl (C=O) groups is 1. The van der Waals surface area contributed by atoms with E-state index in [1.54, 1.807) is 6.20 Å². The van der Waals surface area contributed by atoms with Crippen LogP contribution in [-0.4, -0.2) is 43.4 Å². The van der Waals surface area contributed by atoms with E-state index >= 15 is 0 Å². The molecule has 1 aromatic heterocycles. The second kappa shape index (κ2) is 7.49. The summed E-state index contributed by atoms with van der Waals surface area (Å²) < 4.78 is 10.8. The summed E-state index contributed by atoms with van der Waals surface area (Å²) in [4.78, 5) is 17.1. The smallest absolute Gasteiger partial charge is 0.263 e. The summed E-state index contributed by atoms with van der Waals surface area (Å²) in [6.07, 6.45) is 2.32. The molecule has 1 fully saturated rings. The lowest BCUT2D eigenvalue weighted by molar-refractivity contribution is -0.0855. The number of hydrogen-bond donors (Lipinski definition) is 1. The van der Waals surface area contributed by atoms with Gasteiger partial charge in [-0.25, -0.2) is 4.98 Å². The zero-order valence-corrected chi connectivity index (χ0v) is 13.0. The van der Waals surface area contributed by atoms with Crippen molar-refractivity contribution in [2.75, 3.05) is 26.4 Å². The SMILES string of the molecule is O=C(NCC1COCCO1)c1cnc(Cc2ccccc2)s1. The van der Waals surface area contributed by atoms with Gasteiger partial charge in [0.2, 0.25) is 0 Å². The average molecular weight is 318 g/mol. The Hall–Kier alpha value is -1.76. The number of amides is 1. The molecule has 0 bridgehead atoms. The van der Waals surface area contributed by atoms with Crippen LogP contribution in [0.5, 0.6) is 0 Å². The highest BCUT2D eigenvalue weighted by molar-refractivity contribution is 7.13. The molecule has 2 aromatic rings. The van der Waals surface area contributed by atoms with Crippen LogP contribution in [0.25, 0.3) is 0 Å². The minimum Gasteiger partial charge on any atom is -0.376 e. The van der Waals surface area contributed by atoms with Gasteiger partial charge in [-0.3, -0.25) is 4.79 Å². The van der Waals surface area contributed by atoms with Crippen LogP contribution in [0.2, 0.25) is 0 Å². The molecule has 1 aromatic carbocycles. The topological polar surface area (TPSA) is 60.5 Å². The third-order valence-electron chi connectivity index (χ3n) is 3.35. The molecule has 1 atom stereocenters. The second-order valence-electron chi connectivity index (χ2n) is 5.06. The molecule has 116 valence electrons. The highest BCUT2D eigenvalue weighted by Crippen LogP contribution is 2.16. The predicted octanol–water partition coefficient (Wildman–Crippen LogP) is 1.88. The summed E-state index contributed by atoms with van der Waals surface area (Å²) >= 11 is 1.43. The third-order valence-corrected chi connectivity index (χ3v) is 4.35. The lowest BCUT2D eigenvalue weighted by Crippen LogP contribution is -2.39. The Morgan fingerprint density at radius 1 is 1.32 bits per heavy atom. The van der Waals surface area contributed by atoms with E-state index in [2.05, 4.69) is 22.4 Å². The maximum absolute atomic E-state index is 12.1. The molecule has 6 heteroatoms. The van der Waals surface area contributed by atoms with Crippen molar-refractivity contribution >= 4 is 17.2 Å². The largest absolute Gasteiger partial charge is 0.376 e. The van der Waals surface area contributed by atoms with E-state index in [1.165, 1.54) is 16.9 Å². The van der Waals surface area contributed by atoms with E-state index in [4.69, 9.17) is 9.47 Å². The van der Waals surface area contributed by atoms with Gasteiger partial charge in [0.1, 0.15) is 4.88 Å². The predicted molar refractivity (Wildman–Crippen MR) is 84.3 cm³/mol. The van der Waals surface area contributed by atoms with E-state index in [9.17, 15) is 4.79 Å². The molecule has 22 heavy (non-hydrogen) atoms. The van der Waals surface area contributed by atoms with Crippen molar-refractivity contribution in [3.8, 4) is 0 Å². The fourth-order valence-corrected chi connectivity index (χ4v) is 3.08. The summed E-state index contributed by atoms with van der Waals surface area (Å²) in [6.45, 7) is 2.21. The Balaban J connectivity index is 1.52. The average Bonchev–Trinajstić information content (AvgIpc) is 3.03. The maximum Gasteiger partial charge on any atom is 0.263 e. The van der Waals surface area contributed by atoms with Gasteiger partial charge >= 0.3 is 0 Å². The molecular formula is C16H18N2O3S. The van der Waals surface area contributed by atoms with Crippen molar-refractivity contribution in [3.63, 3.8) is 0 Å². The second-order valence-corrected chi connectivity index (χ2v) is 6.17. The molecule has 1 unspecified atom stereocenters. The molecule has 0 aliphatic carbocycles. The van der Waals surface area contributed by atoms with E-state index in [1.807, 2.05) is 18.2 Å². The quantitative estimate of drug-likeness (QED) is 0.914. The number of nitrogens with zero attached hydrogens (tertiary/aromatic N) is 1. The van der Waals surface area contributed by atoms with Crippen molar-refractivity contribution in [1.29, 1.82) is 0 Å². The van der Waals surface area contributed by atoms with Crippen LogP contribution in [0.15, 0.2) is 36.5 Å². The lowest BCUT2D eigenvalue weighted by Gasteiger charge is -2.22. The minimum atomic E-state index is -0.106. The summed E-state index contributed by atoms with van der Waals surface area (Å²) in [5.41, 5.74) is 1.19.